The predicted octanol–water partition coefficient (Wildman–Crippen LogP) is 12.6. The van der Waals surface area contributed by atoms with E-state index in [0.717, 1.165) is 70.8 Å². The number of halogens is 3. The molecule has 2 aromatic heterocycles. The fourth-order valence-electron chi connectivity index (χ4n) is 11.6. The lowest BCUT2D eigenvalue weighted by Gasteiger charge is -2.34. The molecule has 10 nitrogen and oxygen atoms in total. The fraction of sp³-hybridized carbons (Fsp3) is 0.648. The molecule has 4 aliphatic rings. The van der Waals surface area contributed by atoms with Crippen molar-refractivity contribution >= 4 is 39.4 Å². The summed E-state index contributed by atoms with van der Waals surface area (Å²) >= 11 is 0. The lowest BCUT2D eigenvalue weighted by atomic mass is 9.94. The first-order chi connectivity index (χ1) is 32.6. The highest BCUT2D eigenvalue weighted by Crippen LogP contribution is 2.45. The molecule has 2 aromatic carbocycles. The number of unbranched alkanes of at least 4 members (excludes halogenated alkanes) is 12. The maximum atomic E-state index is 17.7. The van der Waals surface area contributed by atoms with Crippen LogP contribution in [0.2, 0.25) is 0 Å². The predicted molar refractivity (Wildman–Crippen MR) is 257 cm³/mol. The van der Waals surface area contributed by atoms with E-state index < -0.39 is 23.3 Å². The van der Waals surface area contributed by atoms with Gasteiger partial charge in [-0.2, -0.15) is 9.97 Å². The zero-order valence-corrected chi connectivity index (χ0v) is 40.2. The first-order valence-corrected chi connectivity index (χ1v) is 25.9. The Balaban J connectivity index is 1.09. The van der Waals surface area contributed by atoms with Crippen LogP contribution in [0.1, 0.15) is 161 Å². The second-order valence-corrected chi connectivity index (χ2v) is 20.1. The smallest absolute Gasteiger partial charge is 0.319 e. The van der Waals surface area contributed by atoms with Crippen molar-refractivity contribution < 1.29 is 37.0 Å². The van der Waals surface area contributed by atoms with Gasteiger partial charge in [0.1, 0.15) is 47.5 Å². The Morgan fingerprint density at radius 1 is 0.836 bits per heavy atom. The number of aryl methyl sites for hydroxylation is 1. The van der Waals surface area contributed by atoms with Gasteiger partial charge in [-0.15, -0.1) is 0 Å². The van der Waals surface area contributed by atoms with Gasteiger partial charge in [0.2, 0.25) is 0 Å². The van der Waals surface area contributed by atoms with E-state index in [1.165, 1.54) is 51.0 Å². The molecule has 5 heterocycles. The SMILES string of the molecule is CCCCCCCCCC(=O)Oc1cc(-c2ncc3c(N4C[C@@H]5C[C@H](C4)[C@H](OC(=O)CCCCCCCCC)C5)nc(OC[C@@]45CCCN4C[C@H](F)C5)nc3c2F)c2c(CC)c(F)ccc2c1. The zero-order chi connectivity index (χ0) is 46.9. The topological polar surface area (TPSA) is 107 Å². The Morgan fingerprint density at radius 2 is 1.55 bits per heavy atom. The largest absolute Gasteiger partial charge is 0.462 e. The van der Waals surface area contributed by atoms with E-state index >= 15 is 8.78 Å². The number of ether oxygens (including phenoxy) is 3. The molecule has 1 aliphatic carbocycles. The summed E-state index contributed by atoms with van der Waals surface area (Å²) in [6.07, 6.45) is 20.5. The number of nitrogens with zero attached hydrogens (tertiary/aromatic N) is 5. The number of aromatic nitrogens is 3. The summed E-state index contributed by atoms with van der Waals surface area (Å²) < 4.78 is 66.6. The van der Waals surface area contributed by atoms with Gasteiger partial charge in [-0.05, 0) is 91.9 Å². The Hall–Kier alpha value is -4.52. The van der Waals surface area contributed by atoms with E-state index in [1.54, 1.807) is 24.4 Å². The van der Waals surface area contributed by atoms with Crippen LogP contribution < -0.4 is 14.4 Å². The summed E-state index contributed by atoms with van der Waals surface area (Å²) in [7, 11) is 0. The number of pyridine rings is 1. The molecule has 364 valence electrons. The first kappa shape index (κ1) is 48.9. The molecule has 8 rings (SSSR count). The van der Waals surface area contributed by atoms with Crippen molar-refractivity contribution in [2.75, 3.05) is 37.7 Å². The maximum absolute atomic E-state index is 17.7. The highest BCUT2D eigenvalue weighted by Gasteiger charge is 2.49. The van der Waals surface area contributed by atoms with Crippen molar-refractivity contribution in [1.82, 2.24) is 19.9 Å². The van der Waals surface area contributed by atoms with E-state index in [9.17, 15) is 14.0 Å². The third-order valence-corrected chi connectivity index (χ3v) is 15.1. The van der Waals surface area contributed by atoms with Crippen LogP contribution in [-0.4, -0.2) is 82.4 Å². The summed E-state index contributed by atoms with van der Waals surface area (Å²) in [6, 6.07) is 6.27. The van der Waals surface area contributed by atoms with E-state index in [0.29, 0.717) is 72.9 Å². The maximum Gasteiger partial charge on any atom is 0.319 e. The summed E-state index contributed by atoms with van der Waals surface area (Å²) in [6.45, 7) is 8.72. The fourth-order valence-corrected chi connectivity index (χ4v) is 11.6. The molecule has 4 aromatic rings. The average Bonchev–Trinajstić information content (AvgIpc) is 3.94. The number of esters is 2. The van der Waals surface area contributed by atoms with Crippen molar-refractivity contribution in [3.63, 3.8) is 0 Å². The number of hydrogen-bond acceptors (Lipinski definition) is 10. The second-order valence-electron chi connectivity index (χ2n) is 20.1. The van der Waals surface area contributed by atoms with E-state index in [-0.39, 0.29) is 71.4 Å². The van der Waals surface area contributed by atoms with E-state index in [4.69, 9.17) is 29.2 Å². The van der Waals surface area contributed by atoms with Gasteiger partial charge < -0.3 is 19.1 Å². The highest BCUT2D eigenvalue weighted by molar-refractivity contribution is 6.02. The van der Waals surface area contributed by atoms with Crippen molar-refractivity contribution in [2.24, 2.45) is 11.8 Å². The van der Waals surface area contributed by atoms with Crippen LogP contribution in [0.3, 0.4) is 0 Å². The van der Waals surface area contributed by atoms with Gasteiger partial charge in [-0.25, -0.2) is 13.2 Å². The van der Waals surface area contributed by atoms with Crippen LogP contribution >= 0.6 is 0 Å². The van der Waals surface area contributed by atoms with E-state index in [1.807, 2.05) is 6.92 Å². The van der Waals surface area contributed by atoms with Gasteiger partial charge in [-0.1, -0.05) is 104 Å². The molecule has 0 N–H and O–H groups in total. The Kier molecular flexibility index (Phi) is 16.6. The average molecular weight is 928 g/mol. The van der Waals surface area contributed by atoms with Crippen molar-refractivity contribution in [2.45, 2.75) is 180 Å². The molecular weight excluding hydrogens is 856 g/mol. The molecule has 67 heavy (non-hydrogen) atoms. The summed E-state index contributed by atoms with van der Waals surface area (Å²) in [5, 5.41) is 1.46. The van der Waals surface area contributed by atoms with Crippen molar-refractivity contribution in [1.29, 1.82) is 0 Å². The lowest BCUT2D eigenvalue weighted by molar-refractivity contribution is -0.150. The monoisotopic (exact) mass is 928 g/mol. The van der Waals surface area contributed by atoms with Crippen LogP contribution in [0.5, 0.6) is 11.8 Å². The number of hydrogen-bond donors (Lipinski definition) is 0. The molecule has 0 amide bonds. The van der Waals surface area contributed by atoms with Gasteiger partial charge in [0, 0.05) is 56.6 Å². The normalized spacial score (nSPS) is 22.5. The number of piperidine rings is 1. The van der Waals surface area contributed by atoms with Gasteiger partial charge in [0.15, 0.2) is 5.82 Å². The zero-order valence-electron chi connectivity index (χ0n) is 40.2. The third kappa shape index (κ3) is 11.5. The van der Waals surface area contributed by atoms with Crippen LogP contribution in [0.25, 0.3) is 32.9 Å². The molecule has 2 bridgehead atoms. The summed E-state index contributed by atoms with van der Waals surface area (Å²) in [5.74, 6) is -0.702. The molecular formula is C54H72F3N5O5. The molecule has 5 atom stereocenters. The van der Waals surface area contributed by atoms with Crippen LogP contribution in [0.15, 0.2) is 30.5 Å². The van der Waals surface area contributed by atoms with Gasteiger partial charge in [-0.3, -0.25) is 19.5 Å². The second kappa shape index (κ2) is 22.7. The van der Waals surface area contributed by atoms with E-state index in [2.05, 4.69) is 23.6 Å². The number of carbonyl (C=O) groups is 2. The van der Waals surface area contributed by atoms with Crippen LogP contribution in [0, 0.1) is 23.5 Å². The summed E-state index contributed by atoms with van der Waals surface area (Å²) in [4.78, 5) is 45.0. The van der Waals surface area contributed by atoms with Crippen LogP contribution in [0.4, 0.5) is 19.0 Å². The number of benzene rings is 2. The number of rotatable bonds is 24. The molecule has 4 fully saturated rings. The molecule has 1 saturated carbocycles. The molecule has 0 unspecified atom stereocenters. The van der Waals surface area contributed by atoms with Gasteiger partial charge in [0.25, 0.3) is 0 Å². The third-order valence-electron chi connectivity index (χ3n) is 15.1. The van der Waals surface area contributed by atoms with Gasteiger partial charge in [0.05, 0.1) is 10.9 Å². The first-order valence-electron chi connectivity index (χ1n) is 25.9. The number of carbonyl (C=O) groups excluding carboxylic acids is 2. The summed E-state index contributed by atoms with van der Waals surface area (Å²) in [5.41, 5.74) is 0.114. The minimum Gasteiger partial charge on any atom is -0.462 e. The highest BCUT2D eigenvalue weighted by atomic mass is 19.1. The van der Waals surface area contributed by atoms with Gasteiger partial charge >= 0.3 is 17.9 Å². The molecule has 3 saturated heterocycles. The molecule has 0 spiro atoms. The Labute approximate surface area is 395 Å². The Bertz CT molecular complexity index is 2350. The Morgan fingerprint density at radius 3 is 2.28 bits per heavy atom. The minimum absolute atomic E-state index is 0.0138. The van der Waals surface area contributed by atoms with Crippen LogP contribution in [-0.2, 0) is 20.7 Å². The minimum atomic E-state index is -0.951. The number of anilines is 1. The standard InChI is InChI=1S/C54H72F3N5O5/c1-4-7-9-11-13-15-17-20-46(63)66-40-28-37-22-23-44(56)41(6-3)48(37)42(29-40)50-49(57)51-43(31-58-50)52(60-53(59-51)65-35-54-24-19-25-62(54)34-39(55)30-54)61-32-36-26-38(33-61)45(27-36)67-47(64)21-18-16-14-12-10-8-5-2/h22-23,28-29,31,36,38-39,45H,4-21,24-27,30,32-35H2,1-3H3/t36-,38-,39-,45-,54+/m1/s1. The lowest BCUT2D eigenvalue weighted by Crippen LogP contribution is -2.43. The quantitative estimate of drug-likeness (QED) is 0.0383. The molecule has 0 radical (unpaired) electrons. The van der Waals surface area contributed by atoms with Crippen molar-refractivity contribution in [3.05, 3.63) is 47.7 Å². The number of alkyl halides is 1. The van der Waals surface area contributed by atoms with Crippen molar-refractivity contribution in [3.8, 4) is 23.0 Å². The number of fused-ring (bicyclic) bond motifs is 5. The molecule has 13 heteroatoms. The molecule has 3 aliphatic heterocycles.